The molecule has 174 valence electrons. The normalized spacial score (nSPS) is 20.3. The summed E-state index contributed by atoms with van der Waals surface area (Å²) < 4.78 is 42.4. The van der Waals surface area contributed by atoms with Gasteiger partial charge in [0.2, 0.25) is 11.8 Å². The highest BCUT2D eigenvalue weighted by molar-refractivity contribution is 5.73. The largest absolute Gasteiger partial charge is 0.490 e. The third kappa shape index (κ3) is 6.18. The van der Waals surface area contributed by atoms with Crippen LogP contribution in [0, 0.1) is 11.3 Å². The molecule has 1 atom stereocenters. The number of carboxylic acids is 1. The second kappa shape index (κ2) is 10.1. The van der Waals surface area contributed by atoms with Crippen LogP contribution in [0.4, 0.5) is 19.0 Å². The fourth-order valence-electron chi connectivity index (χ4n) is 4.07. The van der Waals surface area contributed by atoms with Crippen LogP contribution in [0.1, 0.15) is 19.8 Å². The van der Waals surface area contributed by atoms with Crippen molar-refractivity contribution in [3.8, 4) is 5.88 Å². The zero-order valence-corrected chi connectivity index (χ0v) is 17.7. The van der Waals surface area contributed by atoms with Gasteiger partial charge in [0.15, 0.2) is 0 Å². The molecule has 0 aromatic carbocycles. The molecule has 9 nitrogen and oxygen atoms in total. The lowest BCUT2D eigenvalue weighted by molar-refractivity contribution is -0.192. The van der Waals surface area contributed by atoms with Crippen molar-refractivity contribution in [3.05, 3.63) is 12.4 Å². The SMILES string of the molecule is COCC1CN(C(C)=O)CC12CCN(c1cc(OC)ncn1)CC2.O=C(O)C(F)(F)F. The van der Waals surface area contributed by atoms with E-state index in [4.69, 9.17) is 19.4 Å². The molecule has 1 amide bonds. The van der Waals surface area contributed by atoms with Gasteiger partial charge in [-0.25, -0.2) is 14.8 Å². The Balaban J connectivity index is 0.000000423. The van der Waals surface area contributed by atoms with Gasteiger partial charge in [0.1, 0.15) is 12.1 Å². The number of aromatic nitrogens is 2. The number of methoxy groups -OCH3 is 2. The molecule has 1 N–H and O–H groups in total. The summed E-state index contributed by atoms with van der Waals surface area (Å²) in [7, 11) is 3.36. The molecule has 1 spiro atoms. The molecule has 1 aromatic rings. The van der Waals surface area contributed by atoms with Gasteiger partial charge in [-0.05, 0) is 18.3 Å². The maximum Gasteiger partial charge on any atom is 0.490 e. The van der Waals surface area contributed by atoms with Crippen LogP contribution in [0.25, 0.3) is 0 Å². The Kier molecular flexibility index (Phi) is 8.04. The first-order valence-corrected chi connectivity index (χ1v) is 9.68. The first-order chi connectivity index (χ1) is 14.5. The molecular weight excluding hydrogens is 421 g/mol. The van der Waals surface area contributed by atoms with Crippen molar-refractivity contribution in [1.29, 1.82) is 0 Å². The molecule has 31 heavy (non-hydrogen) atoms. The van der Waals surface area contributed by atoms with E-state index in [1.54, 1.807) is 27.5 Å². The van der Waals surface area contributed by atoms with Gasteiger partial charge in [-0.3, -0.25) is 4.79 Å². The highest BCUT2D eigenvalue weighted by atomic mass is 19.4. The number of ether oxygens (including phenoxy) is 2. The van der Waals surface area contributed by atoms with Gasteiger partial charge in [0, 0.05) is 52.2 Å². The third-order valence-electron chi connectivity index (χ3n) is 5.79. The van der Waals surface area contributed by atoms with Crippen molar-refractivity contribution in [2.75, 3.05) is 51.9 Å². The van der Waals surface area contributed by atoms with Gasteiger partial charge in [-0.1, -0.05) is 0 Å². The lowest BCUT2D eigenvalue weighted by Gasteiger charge is -2.42. The van der Waals surface area contributed by atoms with E-state index in [1.807, 2.05) is 11.0 Å². The molecular formula is C19H27F3N4O5. The summed E-state index contributed by atoms with van der Waals surface area (Å²) in [6.45, 7) is 5.87. The number of amides is 1. The average molecular weight is 448 g/mol. The van der Waals surface area contributed by atoms with Crippen LogP contribution >= 0.6 is 0 Å². The fourth-order valence-corrected chi connectivity index (χ4v) is 4.07. The minimum absolute atomic E-state index is 0.162. The zero-order valence-electron chi connectivity index (χ0n) is 17.7. The predicted octanol–water partition coefficient (Wildman–Crippen LogP) is 1.83. The molecule has 2 aliphatic heterocycles. The van der Waals surface area contributed by atoms with Crippen LogP contribution < -0.4 is 9.64 Å². The lowest BCUT2D eigenvalue weighted by atomic mass is 9.71. The van der Waals surface area contributed by atoms with Crippen LogP contribution in [0.2, 0.25) is 0 Å². The first kappa shape index (κ1) is 24.6. The summed E-state index contributed by atoms with van der Waals surface area (Å²) in [6.07, 6.45) is -1.46. The second-order valence-electron chi connectivity index (χ2n) is 7.62. The maximum absolute atomic E-state index is 11.8. The summed E-state index contributed by atoms with van der Waals surface area (Å²) >= 11 is 0. The van der Waals surface area contributed by atoms with E-state index in [2.05, 4.69) is 14.9 Å². The zero-order chi connectivity index (χ0) is 23.2. The molecule has 2 fully saturated rings. The Bertz CT molecular complexity index is 769. The van der Waals surface area contributed by atoms with Gasteiger partial charge in [-0.2, -0.15) is 13.2 Å². The Morgan fingerprint density at radius 2 is 1.87 bits per heavy atom. The number of piperidine rings is 1. The number of alkyl halides is 3. The predicted molar refractivity (Wildman–Crippen MR) is 104 cm³/mol. The smallest absolute Gasteiger partial charge is 0.481 e. The van der Waals surface area contributed by atoms with Crippen molar-refractivity contribution in [3.63, 3.8) is 0 Å². The summed E-state index contributed by atoms with van der Waals surface area (Å²) in [4.78, 5) is 33.4. The quantitative estimate of drug-likeness (QED) is 0.744. The number of rotatable bonds is 4. The van der Waals surface area contributed by atoms with Crippen molar-refractivity contribution in [2.45, 2.75) is 25.9 Å². The number of halogens is 3. The summed E-state index contributed by atoms with van der Waals surface area (Å²) in [5, 5.41) is 7.12. The van der Waals surface area contributed by atoms with Crippen LogP contribution in [0.5, 0.6) is 5.88 Å². The van der Waals surface area contributed by atoms with Gasteiger partial charge in [0.25, 0.3) is 0 Å². The Morgan fingerprint density at radius 1 is 1.26 bits per heavy atom. The molecule has 0 radical (unpaired) electrons. The molecule has 2 aliphatic rings. The van der Waals surface area contributed by atoms with E-state index in [0.717, 1.165) is 44.8 Å². The van der Waals surface area contributed by atoms with Gasteiger partial charge in [0.05, 0.1) is 13.7 Å². The summed E-state index contributed by atoms with van der Waals surface area (Å²) in [5.74, 6) is -0.695. The number of anilines is 1. The minimum Gasteiger partial charge on any atom is -0.481 e. The Morgan fingerprint density at radius 3 is 2.35 bits per heavy atom. The van der Waals surface area contributed by atoms with Crippen molar-refractivity contribution in [1.82, 2.24) is 14.9 Å². The van der Waals surface area contributed by atoms with Crippen LogP contribution in [0.3, 0.4) is 0 Å². The molecule has 2 saturated heterocycles. The number of aliphatic carboxylic acids is 1. The van der Waals surface area contributed by atoms with Crippen LogP contribution in [-0.2, 0) is 14.3 Å². The monoisotopic (exact) mass is 448 g/mol. The molecule has 3 heterocycles. The highest BCUT2D eigenvalue weighted by Gasteiger charge is 2.48. The van der Waals surface area contributed by atoms with E-state index < -0.39 is 12.1 Å². The van der Waals surface area contributed by atoms with Crippen LogP contribution in [-0.4, -0.2) is 85.0 Å². The van der Waals surface area contributed by atoms with Gasteiger partial charge in [-0.15, -0.1) is 0 Å². The Labute approximate surface area is 178 Å². The van der Waals surface area contributed by atoms with E-state index >= 15 is 0 Å². The number of carbonyl (C=O) groups is 2. The Hall–Kier alpha value is -2.63. The van der Waals surface area contributed by atoms with Crippen molar-refractivity contribution < 1.29 is 37.3 Å². The molecule has 1 unspecified atom stereocenters. The number of hydrogen-bond acceptors (Lipinski definition) is 7. The van der Waals surface area contributed by atoms with E-state index in [1.165, 1.54) is 0 Å². The fraction of sp³-hybridized carbons (Fsp3) is 0.684. The van der Waals surface area contributed by atoms with Gasteiger partial charge < -0.3 is 24.4 Å². The summed E-state index contributed by atoms with van der Waals surface area (Å²) in [6, 6.07) is 1.88. The average Bonchev–Trinajstić information content (AvgIpc) is 3.07. The lowest BCUT2D eigenvalue weighted by Crippen LogP contribution is -2.45. The minimum atomic E-state index is -5.08. The number of hydrogen-bond donors (Lipinski definition) is 1. The standard InChI is InChI=1S/C17H26N4O3.C2HF3O2/c1-13(22)21-9-14(10-23-2)17(11-21)4-6-20(7-5-17)15-8-16(24-3)19-12-18-15;3-2(4,5)1(6)7/h8,12,14H,4-7,9-11H2,1-3H3;(H,6,7). The van der Waals surface area contributed by atoms with E-state index in [9.17, 15) is 18.0 Å². The topological polar surface area (TPSA) is 105 Å². The van der Waals surface area contributed by atoms with Gasteiger partial charge >= 0.3 is 12.1 Å². The molecule has 0 aliphatic carbocycles. The van der Waals surface area contributed by atoms with E-state index in [0.29, 0.717) is 18.4 Å². The molecule has 0 saturated carbocycles. The number of likely N-dealkylation sites (tertiary alicyclic amines) is 1. The third-order valence-corrected chi connectivity index (χ3v) is 5.79. The molecule has 3 rings (SSSR count). The van der Waals surface area contributed by atoms with Crippen molar-refractivity contribution in [2.24, 2.45) is 11.3 Å². The molecule has 1 aromatic heterocycles. The highest BCUT2D eigenvalue weighted by Crippen LogP contribution is 2.45. The number of carboxylic acid groups (broad SMARTS) is 1. The van der Waals surface area contributed by atoms with Crippen LogP contribution in [0.15, 0.2) is 12.4 Å². The second-order valence-corrected chi connectivity index (χ2v) is 7.62. The first-order valence-electron chi connectivity index (χ1n) is 9.68. The number of carbonyl (C=O) groups excluding carboxylic acids is 1. The maximum atomic E-state index is 11.8. The summed E-state index contributed by atoms with van der Waals surface area (Å²) in [5.41, 5.74) is 0.162. The van der Waals surface area contributed by atoms with Crippen molar-refractivity contribution >= 4 is 17.7 Å². The molecule has 0 bridgehead atoms. The van der Waals surface area contributed by atoms with E-state index in [-0.39, 0.29) is 11.3 Å². The molecule has 12 heteroatoms. The number of nitrogens with zero attached hydrogens (tertiary/aromatic N) is 4.